The van der Waals surface area contributed by atoms with E-state index in [0.717, 1.165) is 11.3 Å². The third kappa shape index (κ3) is 4.93. The summed E-state index contributed by atoms with van der Waals surface area (Å²) in [4.78, 5) is 30.9. The van der Waals surface area contributed by atoms with Gasteiger partial charge in [-0.3, -0.25) is 4.79 Å². The number of rotatable bonds is 7. The number of nitrogens with one attached hydrogen (secondary N) is 2. The predicted molar refractivity (Wildman–Crippen MR) is 84.4 cm³/mol. The molecule has 0 fully saturated rings. The third-order valence-corrected chi connectivity index (χ3v) is 3.42. The van der Waals surface area contributed by atoms with Gasteiger partial charge in [-0.15, -0.1) is 0 Å². The van der Waals surface area contributed by atoms with E-state index in [1.165, 1.54) is 13.4 Å². The molecule has 0 radical (unpaired) electrons. The molecule has 2 atom stereocenters. The van der Waals surface area contributed by atoms with Crippen molar-refractivity contribution in [3.63, 3.8) is 0 Å². The molecule has 23 heavy (non-hydrogen) atoms. The topological polar surface area (TPSA) is 110 Å². The Balaban J connectivity index is 1.97. The van der Waals surface area contributed by atoms with Crippen LogP contribution in [0.15, 0.2) is 42.9 Å². The molecule has 0 spiro atoms. The number of aromatic nitrogens is 2. The highest BCUT2D eigenvalue weighted by Crippen LogP contribution is 2.04. The Kier molecular flexibility index (Phi) is 5.87. The number of carbonyl (C=O) groups excluding carboxylic acids is 2. The molecule has 2 aromatic rings. The zero-order valence-corrected chi connectivity index (χ0v) is 12.9. The van der Waals surface area contributed by atoms with Crippen molar-refractivity contribution in [3.8, 4) is 0 Å². The van der Waals surface area contributed by atoms with E-state index < -0.39 is 24.0 Å². The molecule has 1 heterocycles. The van der Waals surface area contributed by atoms with Crippen LogP contribution in [-0.4, -0.2) is 41.0 Å². The number of nitrogens with two attached hydrogens (primary N) is 1. The quantitative estimate of drug-likeness (QED) is 0.631. The molecule has 0 bridgehead atoms. The number of amides is 1. The summed E-state index contributed by atoms with van der Waals surface area (Å²) in [6.07, 6.45) is 3.75. The van der Waals surface area contributed by atoms with Crippen molar-refractivity contribution in [1.82, 2.24) is 15.3 Å². The van der Waals surface area contributed by atoms with Gasteiger partial charge in [-0.25, -0.2) is 9.78 Å². The molecule has 0 aliphatic rings. The van der Waals surface area contributed by atoms with Crippen molar-refractivity contribution < 1.29 is 14.3 Å². The van der Waals surface area contributed by atoms with Gasteiger partial charge in [0.2, 0.25) is 5.91 Å². The van der Waals surface area contributed by atoms with Crippen LogP contribution in [0, 0.1) is 0 Å². The van der Waals surface area contributed by atoms with Crippen molar-refractivity contribution in [2.75, 3.05) is 7.11 Å². The van der Waals surface area contributed by atoms with Crippen LogP contribution >= 0.6 is 0 Å². The summed E-state index contributed by atoms with van der Waals surface area (Å²) in [5, 5.41) is 2.64. The van der Waals surface area contributed by atoms with Crippen molar-refractivity contribution in [1.29, 1.82) is 0 Å². The first kappa shape index (κ1) is 16.7. The van der Waals surface area contributed by atoms with E-state index in [-0.39, 0.29) is 6.42 Å². The Morgan fingerprint density at radius 3 is 2.65 bits per heavy atom. The van der Waals surface area contributed by atoms with Crippen molar-refractivity contribution in [3.05, 3.63) is 54.1 Å². The van der Waals surface area contributed by atoms with Crippen molar-refractivity contribution >= 4 is 11.9 Å². The van der Waals surface area contributed by atoms with Crippen molar-refractivity contribution in [2.45, 2.75) is 24.9 Å². The summed E-state index contributed by atoms with van der Waals surface area (Å²) >= 11 is 0. The average Bonchev–Trinajstić information content (AvgIpc) is 3.07. The van der Waals surface area contributed by atoms with Gasteiger partial charge in [0, 0.05) is 18.3 Å². The highest BCUT2D eigenvalue weighted by molar-refractivity contribution is 5.87. The Labute approximate surface area is 134 Å². The van der Waals surface area contributed by atoms with E-state index in [1.54, 1.807) is 6.20 Å². The standard InChI is InChI=1S/C16H20N4O3/c1-23-16(22)14(8-12-9-18-10-19-12)20-15(21)13(17)7-11-5-3-2-4-6-11/h2-6,9-10,13-14H,7-8,17H2,1H3,(H,18,19)(H,20,21). The van der Waals surface area contributed by atoms with Gasteiger partial charge in [0.25, 0.3) is 0 Å². The lowest BCUT2D eigenvalue weighted by Crippen LogP contribution is -2.50. The number of carbonyl (C=O) groups is 2. The maximum absolute atomic E-state index is 12.2. The predicted octanol–water partition coefficient (Wildman–Crippen LogP) is 0.180. The number of imidazole rings is 1. The SMILES string of the molecule is COC(=O)C(Cc1cnc[nH]1)NC(=O)C(N)Cc1ccccc1. The fourth-order valence-electron chi connectivity index (χ4n) is 2.19. The van der Waals surface area contributed by atoms with Gasteiger partial charge in [-0.05, 0) is 12.0 Å². The average molecular weight is 316 g/mol. The van der Waals surface area contributed by atoms with E-state index in [1.807, 2.05) is 30.3 Å². The number of aromatic amines is 1. The summed E-state index contributed by atoms with van der Waals surface area (Å²) in [6.45, 7) is 0. The molecule has 0 saturated heterocycles. The van der Waals surface area contributed by atoms with E-state index >= 15 is 0 Å². The zero-order chi connectivity index (χ0) is 16.7. The number of ether oxygens (including phenoxy) is 1. The molecule has 122 valence electrons. The second-order valence-electron chi connectivity index (χ2n) is 5.16. The summed E-state index contributed by atoms with van der Waals surface area (Å²) in [5.41, 5.74) is 7.60. The normalized spacial score (nSPS) is 13.1. The molecule has 0 saturated carbocycles. The number of esters is 1. The van der Waals surface area contributed by atoms with Crippen LogP contribution in [-0.2, 0) is 27.2 Å². The lowest BCUT2D eigenvalue weighted by Gasteiger charge is -2.18. The number of nitrogens with zero attached hydrogens (tertiary/aromatic N) is 1. The maximum Gasteiger partial charge on any atom is 0.328 e. The first-order chi connectivity index (χ1) is 11.1. The summed E-state index contributed by atoms with van der Waals surface area (Å²) < 4.78 is 4.73. The molecule has 2 rings (SSSR count). The molecule has 0 aliphatic heterocycles. The van der Waals surface area contributed by atoms with Crippen LogP contribution in [0.5, 0.6) is 0 Å². The van der Waals surface area contributed by atoms with Gasteiger partial charge in [-0.1, -0.05) is 30.3 Å². The Morgan fingerprint density at radius 2 is 2.04 bits per heavy atom. The highest BCUT2D eigenvalue weighted by Gasteiger charge is 2.25. The van der Waals surface area contributed by atoms with E-state index in [4.69, 9.17) is 10.5 Å². The fourth-order valence-corrected chi connectivity index (χ4v) is 2.19. The van der Waals surface area contributed by atoms with Crippen LogP contribution in [0.25, 0.3) is 0 Å². The van der Waals surface area contributed by atoms with Gasteiger partial charge in [0.1, 0.15) is 6.04 Å². The monoisotopic (exact) mass is 316 g/mol. The lowest BCUT2D eigenvalue weighted by molar-refractivity contribution is -0.145. The number of methoxy groups -OCH3 is 1. The second kappa shape index (κ2) is 8.09. The largest absolute Gasteiger partial charge is 0.467 e. The molecule has 7 nitrogen and oxygen atoms in total. The lowest BCUT2D eigenvalue weighted by atomic mass is 10.1. The van der Waals surface area contributed by atoms with Crippen LogP contribution in [0.3, 0.4) is 0 Å². The molecule has 0 aliphatic carbocycles. The van der Waals surface area contributed by atoms with Crippen molar-refractivity contribution in [2.24, 2.45) is 5.73 Å². The minimum absolute atomic E-state index is 0.260. The van der Waals surface area contributed by atoms with Crippen LogP contribution in [0.4, 0.5) is 0 Å². The maximum atomic E-state index is 12.2. The fraction of sp³-hybridized carbons (Fsp3) is 0.312. The second-order valence-corrected chi connectivity index (χ2v) is 5.16. The van der Waals surface area contributed by atoms with Crippen LogP contribution < -0.4 is 11.1 Å². The van der Waals surface area contributed by atoms with Gasteiger partial charge in [0.15, 0.2) is 0 Å². The number of hydrogen-bond donors (Lipinski definition) is 3. The Hall–Kier alpha value is -2.67. The molecular weight excluding hydrogens is 296 g/mol. The smallest absolute Gasteiger partial charge is 0.328 e. The minimum atomic E-state index is -0.810. The highest BCUT2D eigenvalue weighted by atomic mass is 16.5. The molecule has 4 N–H and O–H groups in total. The zero-order valence-electron chi connectivity index (χ0n) is 12.9. The first-order valence-corrected chi connectivity index (χ1v) is 7.25. The summed E-state index contributed by atoms with van der Waals surface area (Å²) in [6, 6.07) is 7.91. The molecule has 1 aromatic carbocycles. The molecule has 1 aromatic heterocycles. The molecule has 1 amide bonds. The minimum Gasteiger partial charge on any atom is -0.467 e. The third-order valence-electron chi connectivity index (χ3n) is 3.42. The van der Waals surface area contributed by atoms with E-state index in [0.29, 0.717) is 6.42 Å². The Bertz CT molecular complexity index is 628. The number of benzene rings is 1. The van der Waals surface area contributed by atoms with Gasteiger partial charge >= 0.3 is 5.97 Å². The van der Waals surface area contributed by atoms with E-state index in [2.05, 4.69) is 15.3 Å². The Morgan fingerprint density at radius 1 is 1.30 bits per heavy atom. The molecular formula is C16H20N4O3. The van der Waals surface area contributed by atoms with Gasteiger partial charge in [-0.2, -0.15) is 0 Å². The van der Waals surface area contributed by atoms with Crippen LogP contribution in [0.2, 0.25) is 0 Å². The summed E-state index contributed by atoms with van der Waals surface area (Å²) in [7, 11) is 1.28. The number of H-pyrrole nitrogens is 1. The first-order valence-electron chi connectivity index (χ1n) is 7.25. The van der Waals surface area contributed by atoms with Crippen LogP contribution in [0.1, 0.15) is 11.3 Å². The number of hydrogen-bond acceptors (Lipinski definition) is 5. The molecule has 7 heteroatoms. The summed E-state index contributed by atoms with van der Waals surface area (Å²) in [5.74, 6) is -0.927. The van der Waals surface area contributed by atoms with Gasteiger partial charge in [0.05, 0.1) is 19.5 Å². The molecule has 2 unspecified atom stereocenters. The van der Waals surface area contributed by atoms with E-state index in [9.17, 15) is 9.59 Å². The van der Waals surface area contributed by atoms with Gasteiger partial charge < -0.3 is 20.8 Å².